The quantitative estimate of drug-likeness (QED) is 0.0695. The summed E-state index contributed by atoms with van der Waals surface area (Å²) in [6.07, 6.45) is 1.75. The van der Waals surface area contributed by atoms with Crippen molar-refractivity contribution in [2.45, 2.75) is 59.5 Å². The molecule has 4 atom stereocenters. The van der Waals surface area contributed by atoms with Crippen LogP contribution in [0.5, 0.6) is 23.0 Å². The van der Waals surface area contributed by atoms with Crippen LogP contribution in [0.2, 0.25) is 0 Å². The predicted octanol–water partition coefficient (Wildman–Crippen LogP) is 7.86. The second-order valence-corrected chi connectivity index (χ2v) is 13.9. The van der Waals surface area contributed by atoms with Crippen molar-refractivity contribution in [1.82, 2.24) is 9.80 Å². The lowest BCUT2D eigenvalue weighted by Crippen LogP contribution is -2.64. The average molecular weight is 779 g/mol. The van der Waals surface area contributed by atoms with E-state index in [1.807, 2.05) is 98.8 Å². The van der Waals surface area contributed by atoms with E-state index in [0.717, 1.165) is 11.1 Å². The summed E-state index contributed by atoms with van der Waals surface area (Å²) < 4.78 is 22.1. The van der Waals surface area contributed by atoms with Gasteiger partial charge in [-0.15, -0.1) is 0 Å². The Morgan fingerprint density at radius 1 is 0.526 bits per heavy atom. The van der Waals surface area contributed by atoms with Gasteiger partial charge in [0.2, 0.25) is 18.6 Å². The first-order valence-corrected chi connectivity index (χ1v) is 19.4. The normalized spacial score (nSPS) is 17.0. The van der Waals surface area contributed by atoms with Crippen LogP contribution in [-0.4, -0.2) is 64.5 Å². The Balaban J connectivity index is 1.40. The molecule has 0 radical (unpaired) electrons. The lowest BCUT2D eigenvalue weighted by molar-refractivity contribution is -0.196. The highest BCUT2D eigenvalue weighted by Gasteiger charge is 2.65. The van der Waals surface area contributed by atoms with Crippen molar-refractivity contribution in [1.29, 1.82) is 0 Å². The number of rotatable bonds is 20. The van der Waals surface area contributed by atoms with Crippen molar-refractivity contribution in [3.05, 3.63) is 120 Å². The molecule has 1 N–H and O–H groups in total. The Hall–Kier alpha value is -6.17. The van der Waals surface area contributed by atoms with Gasteiger partial charge >= 0.3 is 17.9 Å². The lowest BCUT2D eigenvalue weighted by atomic mass is 9.55. The number of hydrogen-bond acceptors (Lipinski definition) is 9. The van der Waals surface area contributed by atoms with Gasteiger partial charge in [-0.1, -0.05) is 81.4 Å². The van der Waals surface area contributed by atoms with Crippen LogP contribution in [0.25, 0.3) is 0 Å². The summed E-state index contributed by atoms with van der Waals surface area (Å²) in [6, 6.07) is 33.1. The molecule has 57 heavy (non-hydrogen) atoms. The predicted molar refractivity (Wildman–Crippen MR) is 211 cm³/mol. The fraction of sp³-hybridized carbons (Fsp3) is 0.356. The van der Waals surface area contributed by atoms with E-state index in [4.69, 9.17) is 18.9 Å². The maximum absolute atomic E-state index is 14.6. The fourth-order valence-corrected chi connectivity index (χ4v) is 7.00. The summed E-state index contributed by atoms with van der Waals surface area (Å²) in [5, 5.41) is 10.5. The van der Waals surface area contributed by atoms with E-state index in [0.29, 0.717) is 42.3 Å². The Bertz CT molecular complexity index is 1940. The number of amides is 2. The molecular formula is C45H50N2O10. The molecule has 300 valence electrons. The van der Waals surface area contributed by atoms with Crippen molar-refractivity contribution in [2.75, 3.05) is 19.9 Å². The minimum atomic E-state index is -1.55. The van der Waals surface area contributed by atoms with E-state index in [1.54, 1.807) is 36.1 Å². The summed E-state index contributed by atoms with van der Waals surface area (Å²) in [5.41, 5.74) is 1.53. The molecule has 0 heterocycles. The second-order valence-electron chi connectivity index (χ2n) is 13.9. The molecule has 0 saturated heterocycles. The molecule has 1 fully saturated rings. The highest BCUT2D eigenvalue weighted by atomic mass is 16.7. The van der Waals surface area contributed by atoms with Gasteiger partial charge in [0.1, 0.15) is 23.0 Å². The minimum absolute atomic E-state index is 0.109. The third-order valence-electron chi connectivity index (χ3n) is 9.71. The Kier molecular flexibility index (Phi) is 15.2. The summed E-state index contributed by atoms with van der Waals surface area (Å²) in [7, 11) is 0. The molecule has 12 nitrogen and oxygen atoms in total. The Labute approximate surface area is 333 Å². The van der Waals surface area contributed by atoms with Crippen LogP contribution in [0.4, 0.5) is 0 Å². The number of para-hydroxylation sites is 2. The fourth-order valence-electron chi connectivity index (χ4n) is 7.00. The molecular weight excluding hydrogens is 728 g/mol. The number of aliphatic carboxylic acids is 1. The van der Waals surface area contributed by atoms with Crippen LogP contribution in [0.1, 0.15) is 57.6 Å². The van der Waals surface area contributed by atoms with Crippen LogP contribution in [0.15, 0.2) is 109 Å². The topological polar surface area (TPSA) is 149 Å². The highest BCUT2D eigenvalue weighted by Crippen LogP contribution is 2.49. The third kappa shape index (κ3) is 11.2. The maximum atomic E-state index is 14.6. The van der Waals surface area contributed by atoms with E-state index in [-0.39, 0.29) is 32.6 Å². The van der Waals surface area contributed by atoms with E-state index < -0.39 is 60.2 Å². The number of benzene rings is 4. The molecule has 1 aliphatic rings. The Morgan fingerprint density at radius 3 is 1.35 bits per heavy atom. The van der Waals surface area contributed by atoms with Crippen molar-refractivity contribution in [3.8, 4) is 23.0 Å². The van der Waals surface area contributed by atoms with E-state index in [1.165, 1.54) is 4.90 Å². The van der Waals surface area contributed by atoms with Crippen LogP contribution < -0.4 is 9.47 Å². The molecule has 4 aromatic carbocycles. The molecule has 4 aromatic rings. The Morgan fingerprint density at radius 2 is 0.947 bits per heavy atom. The first-order valence-electron chi connectivity index (χ1n) is 19.4. The summed E-state index contributed by atoms with van der Waals surface area (Å²) >= 11 is 0. The van der Waals surface area contributed by atoms with Crippen molar-refractivity contribution in [3.63, 3.8) is 0 Å². The van der Waals surface area contributed by atoms with Crippen LogP contribution in [0, 0.1) is 23.7 Å². The lowest BCUT2D eigenvalue weighted by Gasteiger charge is -2.49. The standard InChI is InChI=1S/C45H50N2O10/c1-4-13-37(48)54-30-55-45(53)41-39(43(50)47(27-6-3)29-32-20-24-36(25-21-32)57-34-16-11-8-12-17-34)38(40(41)44(51)52)42(49)46(26-5-2)28-31-18-22-35(23-19-31)56-33-14-9-7-10-15-33/h7-12,14-25,38-41H,4-6,13,26-30H2,1-3H3,(H,51,52). The van der Waals surface area contributed by atoms with Gasteiger partial charge in [-0.05, 0) is 78.9 Å². The summed E-state index contributed by atoms with van der Waals surface area (Å²) in [6.45, 7) is 5.69. The van der Waals surface area contributed by atoms with Gasteiger partial charge in [0.15, 0.2) is 0 Å². The first kappa shape index (κ1) is 42.0. The van der Waals surface area contributed by atoms with Gasteiger partial charge in [0, 0.05) is 32.6 Å². The minimum Gasteiger partial charge on any atom is -0.481 e. The van der Waals surface area contributed by atoms with Crippen molar-refractivity contribution in [2.24, 2.45) is 23.7 Å². The largest absolute Gasteiger partial charge is 0.481 e. The molecule has 12 heteroatoms. The number of hydrogen-bond donors (Lipinski definition) is 1. The van der Waals surface area contributed by atoms with E-state index in [2.05, 4.69) is 0 Å². The van der Waals surface area contributed by atoms with Crippen molar-refractivity contribution < 1.29 is 48.0 Å². The molecule has 1 saturated carbocycles. The molecule has 2 amide bonds. The number of ether oxygens (including phenoxy) is 4. The smallest absolute Gasteiger partial charge is 0.313 e. The van der Waals surface area contributed by atoms with Gasteiger partial charge in [0.25, 0.3) is 0 Å². The molecule has 0 aliphatic heterocycles. The monoisotopic (exact) mass is 778 g/mol. The maximum Gasteiger partial charge on any atom is 0.313 e. The first-order chi connectivity index (χ1) is 27.6. The molecule has 0 bridgehead atoms. The van der Waals surface area contributed by atoms with E-state index >= 15 is 0 Å². The summed E-state index contributed by atoms with van der Waals surface area (Å²) in [4.78, 5) is 70.8. The number of esters is 2. The second kappa shape index (κ2) is 20.7. The van der Waals surface area contributed by atoms with Gasteiger partial charge in [0.05, 0.1) is 23.7 Å². The third-order valence-corrected chi connectivity index (χ3v) is 9.71. The zero-order valence-electron chi connectivity index (χ0n) is 32.6. The molecule has 0 aromatic heterocycles. The van der Waals surface area contributed by atoms with Crippen LogP contribution in [0.3, 0.4) is 0 Å². The molecule has 1 aliphatic carbocycles. The van der Waals surface area contributed by atoms with Crippen molar-refractivity contribution >= 4 is 29.7 Å². The highest BCUT2D eigenvalue weighted by molar-refractivity contribution is 6.00. The SMILES string of the molecule is CCCC(=O)OCOC(=O)C1C(C(=O)O)C(C(=O)N(CCC)Cc2ccc(Oc3ccccc3)cc2)C1C(=O)N(CCC)Cc1ccc(Oc2ccccc2)cc1. The number of carbonyl (C=O) groups excluding carboxylic acids is 4. The van der Waals surface area contributed by atoms with Crippen LogP contribution >= 0.6 is 0 Å². The van der Waals surface area contributed by atoms with Gasteiger partial charge in [-0.3, -0.25) is 24.0 Å². The van der Waals surface area contributed by atoms with Gasteiger partial charge in [-0.25, -0.2) is 0 Å². The number of carboxylic acid groups (broad SMARTS) is 1. The summed E-state index contributed by atoms with van der Waals surface area (Å²) in [5.74, 6) is -7.30. The van der Waals surface area contributed by atoms with Gasteiger partial charge < -0.3 is 33.9 Å². The molecule has 0 spiro atoms. The van der Waals surface area contributed by atoms with Crippen LogP contribution in [-0.2, 0) is 46.5 Å². The zero-order chi connectivity index (χ0) is 40.7. The number of carboxylic acids is 1. The van der Waals surface area contributed by atoms with E-state index in [9.17, 15) is 29.1 Å². The van der Waals surface area contributed by atoms with Gasteiger partial charge in [-0.2, -0.15) is 0 Å². The molecule has 5 rings (SSSR count). The average Bonchev–Trinajstić information content (AvgIpc) is 3.19. The zero-order valence-corrected chi connectivity index (χ0v) is 32.6. The number of nitrogens with zero attached hydrogens (tertiary/aromatic N) is 2. The molecule has 4 unspecified atom stereocenters. The number of carbonyl (C=O) groups is 5.